The second kappa shape index (κ2) is 6.59. The predicted octanol–water partition coefficient (Wildman–Crippen LogP) is 2.25. The molecule has 0 radical (unpaired) electrons. The van der Waals surface area contributed by atoms with Gasteiger partial charge in [0, 0.05) is 25.7 Å². The summed E-state index contributed by atoms with van der Waals surface area (Å²) in [6.07, 6.45) is 6.38. The van der Waals surface area contributed by atoms with Crippen molar-refractivity contribution in [3.8, 4) is 0 Å². The Morgan fingerprint density at radius 2 is 2.33 bits per heavy atom. The second-order valence-corrected chi connectivity index (χ2v) is 4.79. The molecule has 0 saturated carbocycles. The van der Waals surface area contributed by atoms with Crippen molar-refractivity contribution >= 4 is 11.5 Å². The van der Waals surface area contributed by atoms with Crippen molar-refractivity contribution in [3.63, 3.8) is 0 Å². The number of aliphatic hydroxyl groups is 1. The Balaban J connectivity index is 2.07. The summed E-state index contributed by atoms with van der Waals surface area (Å²) in [5, 5.41) is 12.4. The quantitative estimate of drug-likeness (QED) is 0.840. The van der Waals surface area contributed by atoms with Gasteiger partial charge < -0.3 is 15.3 Å². The maximum atomic E-state index is 9.14. The molecule has 1 unspecified atom stereocenters. The maximum absolute atomic E-state index is 9.14. The number of hydrogen-bond acceptors (Lipinski definition) is 4. The van der Waals surface area contributed by atoms with Gasteiger partial charge >= 0.3 is 0 Å². The van der Waals surface area contributed by atoms with Gasteiger partial charge in [-0.25, -0.2) is 4.98 Å². The summed E-state index contributed by atoms with van der Waals surface area (Å²) in [4.78, 5) is 6.88. The summed E-state index contributed by atoms with van der Waals surface area (Å²) in [7, 11) is 0. The molecule has 2 heterocycles. The largest absolute Gasteiger partial charge is 0.396 e. The smallest absolute Gasteiger partial charge is 0.128 e. The highest BCUT2D eigenvalue weighted by molar-refractivity contribution is 5.49. The van der Waals surface area contributed by atoms with Gasteiger partial charge in [0.2, 0.25) is 0 Å². The Kier molecular flexibility index (Phi) is 4.81. The normalized spacial score (nSPS) is 19.9. The molecule has 4 nitrogen and oxygen atoms in total. The summed E-state index contributed by atoms with van der Waals surface area (Å²) in [5.41, 5.74) is 1.07. The number of hydrogen-bond donors (Lipinski definition) is 2. The fraction of sp³-hybridized carbons (Fsp3) is 0.643. The third-order valence-corrected chi connectivity index (χ3v) is 3.51. The van der Waals surface area contributed by atoms with Crippen molar-refractivity contribution < 1.29 is 5.11 Å². The number of anilines is 2. The van der Waals surface area contributed by atoms with Crippen LogP contribution in [0.15, 0.2) is 18.3 Å². The van der Waals surface area contributed by atoms with Crippen LogP contribution in [-0.2, 0) is 0 Å². The van der Waals surface area contributed by atoms with Crippen molar-refractivity contribution in [3.05, 3.63) is 18.3 Å². The topological polar surface area (TPSA) is 48.4 Å². The summed E-state index contributed by atoms with van der Waals surface area (Å²) in [5.74, 6) is 1.04. The molecule has 0 bridgehead atoms. The molecule has 4 heteroatoms. The van der Waals surface area contributed by atoms with E-state index in [2.05, 4.69) is 34.3 Å². The molecule has 1 aromatic heterocycles. The van der Waals surface area contributed by atoms with Crippen LogP contribution in [0, 0.1) is 0 Å². The Labute approximate surface area is 109 Å². The fourth-order valence-corrected chi connectivity index (χ4v) is 2.62. The van der Waals surface area contributed by atoms with Gasteiger partial charge in [-0.2, -0.15) is 0 Å². The SMILES string of the molecule is CCNc1ccc(N2CCCCC2CCO)nc1. The van der Waals surface area contributed by atoms with Gasteiger partial charge in [0.05, 0.1) is 11.9 Å². The van der Waals surface area contributed by atoms with Crippen LogP contribution in [-0.4, -0.2) is 35.8 Å². The summed E-state index contributed by atoms with van der Waals surface area (Å²) in [6, 6.07) is 4.60. The number of aliphatic hydroxyl groups excluding tert-OH is 1. The summed E-state index contributed by atoms with van der Waals surface area (Å²) < 4.78 is 0. The van der Waals surface area contributed by atoms with Crippen molar-refractivity contribution in [1.82, 2.24) is 4.98 Å². The number of piperidine rings is 1. The van der Waals surface area contributed by atoms with E-state index < -0.39 is 0 Å². The maximum Gasteiger partial charge on any atom is 0.128 e. The first-order valence-corrected chi connectivity index (χ1v) is 6.92. The van der Waals surface area contributed by atoms with E-state index >= 15 is 0 Å². The molecular weight excluding hydrogens is 226 g/mol. The summed E-state index contributed by atoms with van der Waals surface area (Å²) in [6.45, 7) is 4.31. The van der Waals surface area contributed by atoms with Crippen molar-refractivity contribution in [1.29, 1.82) is 0 Å². The minimum atomic E-state index is 0.261. The average molecular weight is 249 g/mol. The van der Waals surface area contributed by atoms with E-state index in [9.17, 15) is 0 Å². The number of rotatable bonds is 5. The van der Waals surface area contributed by atoms with Crippen LogP contribution in [0.25, 0.3) is 0 Å². The zero-order chi connectivity index (χ0) is 12.8. The minimum absolute atomic E-state index is 0.261. The first kappa shape index (κ1) is 13.1. The van der Waals surface area contributed by atoms with Gasteiger partial charge in [0.1, 0.15) is 5.82 Å². The Morgan fingerprint density at radius 3 is 3.00 bits per heavy atom. The lowest BCUT2D eigenvalue weighted by atomic mass is 9.99. The van der Waals surface area contributed by atoms with Crippen LogP contribution in [0.1, 0.15) is 32.6 Å². The van der Waals surface area contributed by atoms with E-state index in [1.807, 2.05) is 6.20 Å². The molecule has 0 aliphatic carbocycles. The number of nitrogens with zero attached hydrogens (tertiary/aromatic N) is 2. The highest BCUT2D eigenvalue weighted by atomic mass is 16.3. The molecule has 1 fully saturated rings. The summed E-state index contributed by atoms with van der Waals surface area (Å²) >= 11 is 0. The lowest BCUT2D eigenvalue weighted by molar-refractivity contribution is 0.262. The van der Waals surface area contributed by atoms with Gasteiger partial charge in [-0.15, -0.1) is 0 Å². The monoisotopic (exact) mass is 249 g/mol. The molecule has 0 aromatic carbocycles. The molecule has 1 saturated heterocycles. The molecule has 2 N–H and O–H groups in total. The Hall–Kier alpha value is -1.29. The molecule has 18 heavy (non-hydrogen) atoms. The number of nitrogens with one attached hydrogen (secondary N) is 1. The predicted molar refractivity (Wildman–Crippen MR) is 75.1 cm³/mol. The van der Waals surface area contributed by atoms with Crippen molar-refractivity contribution in [2.45, 2.75) is 38.6 Å². The van der Waals surface area contributed by atoms with Crippen molar-refractivity contribution in [2.24, 2.45) is 0 Å². The van der Waals surface area contributed by atoms with Crippen molar-refractivity contribution in [2.75, 3.05) is 29.9 Å². The third-order valence-electron chi connectivity index (χ3n) is 3.51. The first-order valence-electron chi connectivity index (χ1n) is 6.92. The molecule has 1 aromatic rings. The Bertz CT molecular complexity index is 351. The minimum Gasteiger partial charge on any atom is -0.396 e. The van der Waals surface area contributed by atoms with Gasteiger partial charge in [0.15, 0.2) is 0 Å². The Morgan fingerprint density at radius 1 is 1.44 bits per heavy atom. The van der Waals surface area contributed by atoms with E-state index in [0.29, 0.717) is 6.04 Å². The third kappa shape index (κ3) is 3.13. The highest BCUT2D eigenvalue weighted by Crippen LogP contribution is 2.25. The lowest BCUT2D eigenvalue weighted by Gasteiger charge is -2.36. The zero-order valence-electron chi connectivity index (χ0n) is 11.1. The van der Waals surface area contributed by atoms with E-state index in [0.717, 1.165) is 37.4 Å². The van der Waals surface area contributed by atoms with Crippen LogP contribution < -0.4 is 10.2 Å². The van der Waals surface area contributed by atoms with Gasteiger partial charge in [0.25, 0.3) is 0 Å². The van der Waals surface area contributed by atoms with E-state index in [4.69, 9.17) is 5.11 Å². The zero-order valence-corrected chi connectivity index (χ0v) is 11.1. The molecule has 1 aliphatic rings. The molecule has 2 rings (SSSR count). The standard InChI is InChI=1S/C14H23N3O/c1-2-15-12-6-7-14(16-11-12)17-9-4-3-5-13(17)8-10-18/h6-7,11,13,15,18H,2-5,8-10H2,1H3. The van der Waals surface area contributed by atoms with Crippen LogP contribution in [0.2, 0.25) is 0 Å². The molecule has 0 amide bonds. The van der Waals surface area contributed by atoms with E-state index in [1.54, 1.807) is 0 Å². The molecule has 1 aliphatic heterocycles. The molecule has 100 valence electrons. The highest BCUT2D eigenvalue weighted by Gasteiger charge is 2.22. The van der Waals surface area contributed by atoms with Gasteiger partial charge in [-0.3, -0.25) is 0 Å². The lowest BCUT2D eigenvalue weighted by Crippen LogP contribution is -2.40. The van der Waals surface area contributed by atoms with Crippen LogP contribution >= 0.6 is 0 Å². The van der Waals surface area contributed by atoms with Crippen LogP contribution in [0.4, 0.5) is 11.5 Å². The van der Waals surface area contributed by atoms with Gasteiger partial charge in [-0.1, -0.05) is 0 Å². The average Bonchev–Trinajstić information content (AvgIpc) is 2.41. The van der Waals surface area contributed by atoms with Gasteiger partial charge in [-0.05, 0) is 44.7 Å². The van der Waals surface area contributed by atoms with Crippen LogP contribution in [0.5, 0.6) is 0 Å². The van der Waals surface area contributed by atoms with E-state index in [-0.39, 0.29) is 6.61 Å². The molecule has 1 atom stereocenters. The molecule has 0 spiro atoms. The van der Waals surface area contributed by atoms with Crippen LogP contribution in [0.3, 0.4) is 0 Å². The molecular formula is C14H23N3O. The van der Waals surface area contributed by atoms with E-state index in [1.165, 1.54) is 12.8 Å². The number of pyridine rings is 1. The number of aromatic nitrogens is 1. The second-order valence-electron chi connectivity index (χ2n) is 4.79. The first-order chi connectivity index (χ1) is 8.85. The fourth-order valence-electron chi connectivity index (χ4n) is 2.62.